The molecule has 0 spiro atoms. The van der Waals surface area contributed by atoms with Crippen LogP contribution in [0.1, 0.15) is 22.3 Å². The molecule has 4 rings (SSSR count). The van der Waals surface area contributed by atoms with Crippen LogP contribution in [-0.2, 0) is 25.6 Å². The van der Waals surface area contributed by atoms with Gasteiger partial charge < -0.3 is 23.9 Å². The lowest BCUT2D eigenvalue weighted by Crippen LogP contribution is -2.33. The van der Waals surface area contributed by atoms with Crippen molar-refractivity contribution in [2.75, 3.05) is 20.4 Å². The molecule has 4 aromatic rings. The summed E-state index contributed by atoms with van der Waals surface area (Å²) in [6.45, 7) is 0.546. The summed E-state index contributed by atoms with van der Waals surface area (Å²) in [4.78, 5) is 24.6. The van der Waals surface area contributed by atoms with E-state index in [0.717, 1.165) is 27.9 Å². The number of hydrogen-bond acceptors (Lipinski definition) is 6. The third-order valence-corrected chi connectivity index (χ3v) is 5.48. The fourth-order valence-corrected chi connectivity index (χ4v) is 3.59. The maximum Gasteiger partial charge on any atom is 0.335 e. The van der Waals surface area contributed by atoms with Crippen LogP contribution in [0.3, 0.4) is 0 Å². The Kier molecular flexibility index (Phi) is 8.27. The minimum Gasteiger partial charge on any atom is -0.467 e. The van der Waals surface area contributed by atoms with Gasteiger partial charge in [0.25, 0.3) is 5.91 Å². The molecule has 7 nitrogen and oxygen atoms in total. The number of hydrogen-bond donors (Lipinski definition) is 1. The monoisotopic (exact) mass is 473 g/mol. The highest BCUT2D eigenvalue weighted by molar-refractivity contribution is 5.94. The lowest BCUT2D eigenvalue weighted by atomic mass is 10.1. The van der Waals surface area contributed by atoms with E-state index in [1.807, 2.05) is 72.8 Å². The summed E-state index contributed by atoms with van der Waals surface area (Å²) < 4.78 is 21.7. The second-order valence-electron chi connectivity index (χ2n) is 7.90. The summed E-state index contributed by atoms with van der Waals surface area (Å²) in [5.41, 5.74) is 3.21. The first-order valence-corrected chi connectivity index (χ1v) is 11.3. The summed E-state index contributed by atoms with van der Waals surface area (Å²) in [6.07, 6.45) is -0.587. The van der Waals surface area contributed by atoms with Crippen molar-refractivity contribution in [3.63, 3.8) is 0 Å². The maximum atomic E-state index is 12.6. The van der Waals surface area contributed by atoms with Crippen LogP contribution in [-0.4, -0.2) is 38.4 Å². The molecule has 0 saturated heterocycles. The lowest BCUT2D eigenvalue weighted by Gasteiger charge is -2.16. The van der Waals surface area contributed by atoms with Gasteiger partial charge in [-0.05, 0) is 29.8 Å². The Morgan fingerprint density at radius 1 is 0.943 bits per heavy atom. The first-order chi connectivity index (χ1) is 17.1. The average molecular weight is 474 g/mol. The van der Waals surface area contributed by atoms with Gasteiger partial charge in [-0.25, -0.2) is 4.79 Å². The van der Waals surface area contributed by atoms with Gasteiger partial charge in [-0.3, -0.25) is 4.79 Å². The maximum absolute atomic E-state index is 12.6. The first kappa shape index (κ1) is 24.2. The van der Waals surface area contributed by atoms with Crippen LogP contribution in [0.2, 0.25) is 0 Å². The van der Waals surface area contributed by atoms with Gasteiger partial charge in [0.15, 0.2) is 6.10 Å². The SMILES string of the molecule is COC(=O)[C@H](CCNC(=O)c1ccc(-c2cc3ccccc3o2)cc1)OCOCc1ccccc1. The standard InChI is InChI=1S/C28H27NO6/c1-32-28(31)25(34-19-33-18-20-7-3-2-4-8-20)15-16-29-27(30)22-13-11-21(12-14-22)26-17-23-9-5-6-10-24(23)35-26/h2-14,17,25H,15-16,18-19H2,1H3,(H,29,30)/t25-/m0/s1. The van der Waals surface area contributed by atoms with E-state index in [0.29, 0.717) is 12.2 Å². The average Bonchev–Trinajstić information content (AvgIpc) is 3.34. The van der Waals surface area contributed by atoms with Crippen molar-refractivity contribution in [2.24, 2.45) is 0 Å². The molecule has 1 atom stereocenters. The van der Waals surface area contributed by atoms with E-state index < -0.39 is 12.1 Å². The number of nitrogens with one attached hydrogen (secondary N) is 1. The van der Waals surface area contributed by atoms with E-state index in [9.17, 15) is 9.59 Å². The number of carbonyl (C=O) groups is 2. The second kappa shape index (κ2) is 12.0. The van der Waals surface area contributed by atoms with Crippen molar-refractivity contribution < 1.29 is 28.2 Å². The topological polar surface area (TPSA) is 87.0 Å². The largest absolute Gasteiger partial charge is 0.467 e. The van der Waals surface area contributed by atoms with E-state index in [1.165, 1.54) is 7.11 Å². The summed E-state index contributed by atoms with van der Waals surface area (Å²) in [7, 11) is 1.30. The van der Waals surface area contributed by atoms with Gasteiger partial charge in [-0.15, -0.1) is 0 Å². The first-order valence-electron chi connectivity index (χ1n) is 11.3. The van der Waals surface area contributed by atoms with E-state index in [4.69, 9.17) is 18.6 Å². The van der Waals surface area contributed by atoms with Gasteiger partial charge in [0.05, 0.1) is 13.7 Å². The van der Waals surface area contributed by atoms with Crippen LogP contribution in [0, 0.1) is 0 Å². The molecular formula is C28H27NO6. The Hall–Kier alpha value is -3.94. The molecule has 0 fully saturated rings. The summed E-state index contributed by atoms with van der Waals surface area (Å²) in [5, 5.41) is 3.84. The van der Waals surface area contributed by atoms with Crippen LogP contribution in [0.5, 0.6) is 0 Å². The Labute approximate surface area is 203 Å². The number of benzene rings is 3. The van der Waals surface area contributed by atoms with Gasteiger partial charge in [-0.2, -0.15) is 0 Å². The number of fused-ring (bicyclic) bond motifs is 1. The molecule has 1 amide bonds. The number of amides is 1. The molecule has 180 valence electrons. The van der Waals surface area contributed by atoms with Gasteiger partial charge in [0.2, 0.25) is 0 Å². The molecule has 0 aliphatic heterocycles. The molecule has 0 saturated carbocycles. The molecule has 1 aromatic heterocycles. The number of rotatable bonds is 11. The Morgan fingerprint density at radius 2 is 1.69 bits per heavy atom. The Balaban J connectivity index is 1.25. The van der Waals surface area contributed by atoms with Crippen molar-refractivity contribution in [1.29, 1.82) is 0 Å². The van der Waals surface area contributed by atoms with Crippen molar-refractivity contribution in [2.45, 2.75) is 19.1 Å². The second-order valence-corrected chi connectivity index (χ2v) is 7.90. The highest BCUT2D eigenvalue weighted by Gasteiger charge is 2.20. The zero-order chi connectivity index (χ0) is 24.5. The zero-order valence-corrected chi connectivity index (χ0v) is 19.4. The number of carbonyl (C=O) groups excluding carboxylic acids is 2. The molecule has 35 heavy (non-hydrogen) atoms. The fraction of sp³-hybridized carbons (Fsp3) is 0.214. The third kappa shape index (κ3) is 6.56. The zero-order valence-electron chi connectivity index (χ0n) is 19.4. The predicted molar refractivity (Wildman–Crippen MR) is 132 cm³/mol. The summed E-state index contributed by atoms with van der Waals surface area (Å²) >= 11 is 0. The molecule has 1 N–H and O–H groups in total. The Bertz CT molecular complexity index is 1220. The minimum absolute atomic E-state index is 0.0636. The molecule has 0 aliphatic carbocycles. The number of para-hydroxylation sites is 1. The van der Waals surface area contributed by atoms with Gasteiger partial charge >= 0.3 is 5.97 Å². The van der Waals surface area contributed by atoms with Crippen molar-refractivity contribution >= 4 is 22.8 Å². The molecule has 0 bridgehead atoms. The van der Waals surface area contributed by atoms with Crippen LogP contribution in [0.25, 0.3) is 22.3 Å². The van der Waals surface area contributed by atoms with Crippen LogP contribution >= 0.6 is 0 Å². The van der Waals surface area contributed by atoms with Gasteiger partial charge in [0, 0.05) is 29.5 Å². The molecule has 0 radical (unpaired) electrons. The van der Waals surface area contributed by atoms with E-state index in [-0.39, 0.29) is 25.7 Å². The van der Waals surface area contributed by atoms with Crippen LogP contribution in [0.15, 0.2) is 89.3 Å². The highest BCUT2D eigenvalue weighted by atomic mass is 16.7. The fourth-order valence-electron chi connectivity index (χ4n) is 3.59. The summed E-state index contributed by atoms with van der Waals surface area (Å²) in [6, 6.07) is 26.6. The third-order valence-electron chi connectivity index (χ3n) is 5.48. The highest BCUT2D eigenvalue weighted by Crippen LogP contribution is 2.27. The van der Waals surface area contributed by atoms with Crippen LogP contribution < -0.4 is 5.32 Å². The van der Waals surface area contributed by atoms with E-state index >= 15 is 0 Å². The lowest BCUT2D eigenvalue weighted by molar-refractivity contribution is -0.165. The number of furan rings is 1. The molecule has 0 aliphatic rings. The molecule has 3 aromatic carbocycles. The number of esters is 1. The normalized spacial score (nSPS) is 11.8. The number of ether oxygens (including phenoxy) is 3. The molecule has 7 heteroatoms. The molecule has 0 unspecified atom stereocenters. The van der Waals surface area contributed by atoms with Crippen molar-refractivity contribution in [3.05, 3.63) is 96.1 Å². The minimum atomic E-state index is -0.841. The van der Waals surface area contributed by atoms with Gasteiger partial charge in [-0.1, -0.05) is 60.7 Å². The van der Waals surface area contributed by atoms with Crippen molar-refractivity contribution in [1.82, 2.24) is 5.32 Å². The Morgan fingerprint density at radius 3 is 2.43 bits per heavy atom. The smallest absolute Gasteiger partial charge is 0.335 e. The summed E-state index contributed by atoms with van der Waals surface area (Å²) in [5.74, 6) is -0.0199. The van der Waals surface area contributed by atoms with Crippen molar-refractivity contribution in [3.8, 4) is 11.3 Å². The van der Waals surface area contributed by atoms with Crippen LogP contribution in [0.4, 0.5) is 0 Å². The van der Waals surface area contributed by atoms with E-state index in [2.05, 4.69) is 5.32 Å². The number of methoxy groups -OCH3 is 1. The quantitative estimate of drug-likeness (QED) is 0.188. The predicted octanol–water partition coefficient (Wildman–Crippen LogP) is 4.95. The molecular weight excluding hydrogens is 446 g/mol. The van der Waals surface area contributed by atoms with E-state index in [1.54, 1.807) is 12.1 Å². The molecule has 1 heterocycles. The van der Waals surface area contributed by atoms with Gasteiger partial charge in [0.1, 0.15) is 18.1 Å².